The van der Waals surface area contributed by atoms with Crippen molar-refractivity contribution in [1.29, 1.82) is 0 Å². The van der Waals surface area contributed by atoms with Crippen molar-refractivity contribution in [3.8, 4) is 11.1 Å². The predicted octanol–water partition coefficient (Wildman–Crippen LogP) is 5.06. The van der Waals surface area contributed by atoms with Gasteiger partial charge in [0.15, 0.2) is 0 Å². The largest absolute Gasteiger partial charge is 0.0843 e. The van der Waals surface area contributed by atoms with Crippen molar-refractivity contribution in [2.24, 2.45) is 0 Å². The third kappa shape index (κ3) is 1.39. The zero-order valence-corrected chi connectivity index (χ0v) is 10.5. The molecule has 0 aliphatic heterocycles. The number of fused-ring (bicyclic) bond motifs is 4. The summed E-state index contributed by atoms with van der Waals surface area (Å²) in [5, 5.41) is 3.42. The van der Waals surface area contributed by atoms with Crippen LogP contribution in [0, 0.1) is 0 Å². The van der Waals surface area contributed by atoms with E-state index in [1.807, 2.05) is 6.07 Å². The third-order valence-corrected chi connectivity index (χ3v) is 3.95. The summed E-state index contributed by atoms with van der Waals surface area (Å²) in [6.45, 7) is 0. The van der Waals surface area contributed by atoms with Crippen LogP contribution in [0.2, 0.25) is 5.02 Å². The number of hydrogen-bond donors (Lipinski definition) is 0. The highest BCUT2D eigenvalue weighted by molar-refractivity contribution is 6.31. The van der Waals surface area contributed by atoms with E-state index in [4.69, 9.17) is 11.6 Å². The lowest BCUT2D eigenvalue weighted by Crippen LogP contribution is -1.81. The third-order valence-electron chi connectivity index (χ3n) is 3.71. The molecule has 1 heteroatoms. The van der Waals surface area contributed by atoms with Crippen LogP contribution in [0.15, 0.2) is 54.6 Å². The van der Waals surface area contributed by atoms with Gasteiger partial charge in [0.2, 0.25) is 0 Å². The van der Waals surface area contributed by atoms with Gasteiger partial charge in [-0.3, -0.25) is 0 Å². The van der Waals surface area contributed by atoms with E-state index in [-0.39, 0.29) is 0 Å². The Balaban J connectivity index is 2.05. The van der Waals surface area contributed by atoms with Gasteiger partial charge in [-0.05, 0) is 57.6 Å². The Morgan fingerprint density at radius 1 is 0.722 bits per heavy atom. The fraction of sp³-hybridized carbons (Fsp3) is 0.0588. The second-order valence-corrected chi connectivity index (χ2v) is 5.27. The van der Waals surface area contributed by atoms with Crippen molar-refractivity contribution >= 4 is 22.4 Å². The second-order valence-electron chi connectivity index (χ2n) is 4.83. The summed E-state index contributed by atoms with van der Waals surface area (Å²) in [7, 11) is 0. The maximum atomic E-state index is 6.11. The van der Waals surface area contributed by atoms with Crippen LogP contribution < -0.4 is 0 Å². The van der Waals surface area contributed by atoms with Crippen LogP contribution in [0.1, 0.15) is 11.1 Å². The Kier molecular flexibility index (Phi) is 2.03. The molecule has 3 aromatic carbocycles. The van der Waals surface area contributed by atoms with Gasteiger partial charge in [0.05, 0.1) is 0 Å². The Labute approximate surface area is 111 Å². The van der Waals surface area contributed by atoms with Crippen molar-refractivity contribution in [2.75, 3.05) is 0 Å². The summed E-state index contributed by atoms with van der Waals surface area (Å²) in [6, 6.07) is 19.3. The first-order chi connectivity index (χ1) is 8.81. The van der Waals surface area contributed by atoms with Crippen LogP contribution in [0.3, 0.4) is 0 Å². The molecule has 0 saturated heterocycles. The van der Waals surface area contributed by atoms with Gasteiger partial charge in [-0.25, -0.2) is 0 Å². The zero-order valence-electron chi connectivity index (χ0n) is 9.78. The quantitative estimate of drug-likeness (QED) is 0.409. The fourth-order valence-corrected chi connectivity index (χ4v) is 3.02. The Hall–Kier alpha value is -1.79. The van der Waals surface area contributed by atoms with E-state index < -0.39 is 0 Å². The van der Waals surface area contributed by atoms with Crippen LogP contribution in [0.5, 0.6) is 0 Å². The van der Waals surface area contributed by atoms with Crippen LogP contribution in [0.25, 0.3) is 21.9 Å². The van der Waals surface area contributed by atoms with Crippen molar-refractivity contribution in [2.45, 2.75) is 6.42 Å². The lowest BCUT2D eigenvalue weighted by Gasteiger charge is -2.04. The van der Waals surface area contributed by atoms with E-state index in [1.54, 1.807) is 0 Å². The summed E-state index contributed by atoms with van der Waals surface area (Å²) >= 11 is 6.11. The van der Waals surface area contributed by atoms with E-state index >= 15 is 0 Å². The molecular weight excluding hydrogens is 240 g/mol. The summed E-state index contributed by atoms with van der Waals surface area (Å²) < 4.78 is 0. The highest BCUT2D eigenvalue weighted by Crippen LogP contribution is 2.39. The van der Waals surface area contributed by atoms with Crippen LogP contribution in [-0.2, 0) is 6.42 Å². The molecular formula is C17H11Cl. The van der Waals surface area contributed by atoms with E-state index in [2.05, 4.69) is 48.5 Å². The average Bonchev–Trinajstić information content (AvgIpc) is 2.73. The molecule has 0 fully saturated rings. The minimum absolute atomic E-state index is 0.815. The molecule has 0 unspecified atom stereocenters. The van der Waals surface area contributed by atoms with Gasteiger partial charge in [0, 0.05) is 5.02 Å². The molecule has 0 spiro atoms. The highest BCUT2D eigenvalue weighted by Gasteiger charge is 2.18. The van der Waals surface area contributed by atoms with Crippen molar-refractivity contribution < 1.29 is 0 Å². The second kappa shape index (κ2) is 3.60. The first-order valence-corrected chi connectivity index (χ1v) is 6.49. The first kappa shape index (κ1) is 10.2. The molecule has 1 aliphatic carbocycles. The molecule has 0 bridgehead atoms. The van der Waals surface area contributed by atoms with Crippen molar-refractivity contribution in [3.63, 3.8) is 0 Å². The molecule has 18 heavy (non-hydrogen) atoms. The van der Waals surface area contributed by atoms with E-state index in [9.17, 15) is 0 Å². The van der Waals surface area contributed by atoms with Gasteiger partial charge < -0.3 is 0 Å². The number of benzene rings is 3. The molecule has 0 amide bonds. The van der Waals surface area contributed by atoms with E-state index in [0.29, 0.717) is 0 Å². The summed E-state index contributed by atoms with van der Waals surface area (Å²) in [4.78, 5) is 0. The van der Waals surface area contributed by atoms with Gasteiger partial charge in [-0.1, -0.05) is 48.0 Å². The maximum Gasteiger partial charge on any atom is 0.0412 e. The zero-order chi connectivity index (χ0) is 12.1. The summed E-state index contributed by atoms with van der Waals surface area (Å²) in [5.41, 5.74) is 5.42. The monoisotopic (exact) mass is 250 g/mol. The van der Waals surface area contributed by atoms with Gasteiger partial charge >= 0.3 is 0 Å². The van der Waals surface area contributed by atoms with Crippen LogP contribution in [0.4, 0.5) is 0 Å². The number of rotatable bonds is 0. The normalized spacial score (nSPS) is 12.5. The van der Waals surface area contributed by atoms with Crippen molar-refractivity contribution in [1.82, 2.24) is 0 Å². The summed E-state index contributed by atoms with van der Waals surface area (Å²) in [6.07, 6.45) is 1.02. The maximum absolute atomic E-state index is 6.11. The lowest BCUT2D eigenvalue weighted by molar-refractivity contribution is 1.27. The van der Waals surface area contributed by atoms with Crippen molar-refractivity contribution in [3.05, 3.63) is 70.7 Å². The topological polar surface area (TPSA) is 0 Å². The van der Waals surface area contributed by atoms with Gasteiger partial charge in [0.25, 0.3) is 0 Å². The SMILES string of the molecule is Clc1ccc2c(c1)-c1cc3ccccc3cc1C2. The predicted molar refractivity (Wildman–Crippen MR) is 77.2 cm³/mol. The molecule has 0 saturated carbocycles. The van der Waals surface area contributed by atoms with Gasteiger partial charge in [-0.15, -0.1) is 0 Å². The standard InChI is InChI=1S/C17H11Cl/c18-15-6-5-13-8-14-7-11-3-1-2-4-12(11)9-16(14)17(13)10-15/h1-7,9-10H,8H2. The van der Waals surface area contributed by atoms with Gasteiger partial charge in [0.1, 0.15) is 0 Å². The number of hydrogen-bond acceptors (Lipinski definition) is 0. The highest BCUT2D eigenvalue weighted by atomic mass is 35.5. The molecule has 0 aromatic heterocycles. The van der Waals surface area contributed by atoms with Crippen LogP contribution in [-0.4, -0.2) is 0 Å². The minimum atomic E-state index is 0.815. The molecule has 0 radical (unpaired) electrons. The molecule has 0 atom stereocenters. The molecule has 4 rings (SSSR count). The molecule has 86 valence electrons. The molecule has 3 aromatic rings. The Morgan fingerprint density at radius 3 is 2.28 bits per heavy atom. The average molecular weight is 251 g/mol. The number of halogens is 1. The van der Waals surface area contributed by atoms with E-state index in [0.717, 1.165) is 11.4 Å². The lowest BCUT2D eigenvalue weighted by atomic mass is 10.0. The Bertz CT molecular complexity index is 772. The van der Waals surface area contributed by atoms with Gasteiger partial charge in [-0.2, -0.15) is 0 Å². The molecule has 0 heterocycles. The summed E-state index contributed by atoms with van der Waals surface area (Å²) in [5.74, 6) is 0. The smallest absolute Gasteiger partial charge is 0.0412 e. The fourth-order valence-electron chi connectivity index (χ4n) is 2.84. The first-order valence-electron chi connectivity index (χ1n) is 6.12. The minimum Gasteiger partial charge on any atom is -0.0843 e. The Morgan fingerprint density at radius 2 is 1.44 bits per heavy atom. The van der Waals surface area contributed by atoms with E-state index in [1.165, 1.54) is 33.0 Å². The molecule has 0 N–H and O–H groups in total. The molecule has 0 nitrogen and oxygen atoms in total. The molecule has 1 aliphatic rings. The van der Waals surface area contributed by atoms with Crippen LogP contribution >= 0.6 is 11.6 Å².